The minimum absolute atomic E-state index is 0.0319. The lowest BCUT2D eigenvalue weighted by molar-refractivity contribution is -0.709. The van der Waals surface area contributed by atoms with E-state index in [9.17, 15) is 32.7 Å². The zero-order valence-corrected chi connectivity index (χ0v) is 40.8. The number of hydrogen-bond donors (Lipinski definition) is 5. The zero-order valence-electron chi connectivity index (χ0n) is 40.8. The van der Waals surface area contributed by atoms with Gasteiger partial charge in [-0.05, 0) is 115 Å². The Labute approximate surface area is 419 Å². The van der Waals surface area contributed by atoms with Crippen molar-refractivity contribution < 1.29 is 47.1 Å². The summed E-state index contributed by atoms with van der Waals surface area (Å²) in [5.74, 6) is -4.28. The number of guanidine groups is 1. The van der Waals surface area contributed by atoms with E-state index in [1.165, 1.54) is 78.1 Å². The number of anilines is 1. The first-order valence-corrected chi connectivity index (χ1v) is 24.5. The predicted molar refractivity (Wildman–Crippen MR) is 270 cm³/mol. The number of carboxylic acids is 1. The second-order valence-electron chi connectivity index (χ2n) is 18.2. The maximum atomic E-state index is 14.0. The van der Waals surface area contributed by atoms with Gasteiger partial charge in [0, 0.05) is 70.7 Å². The minimum Gasteiger partial charge on any atom is -0.542 e. The van der Waals surface area contributed by atoms with Gasteiger partial charge in [0.05, 0.1) is 5.92 Å². The number of alkyl halides is 3. The largest absolute Gasteiger partial charge is 0.542 e. The van der Waals surface area contributed by atoms with Crippen LogP contribution >= 0.6 is 0 Å². The molecule has 1 atom stereocenters. The van der Waals surface area contributed by atoms with Crippen LogP contribution in [-0.4, -0.2) is 66.6 Å². The number of aliphatic carboxylic acids is 1. The normalized spacial score (nSPS) is 13.7. The molecule has 2 aliphatic rings. The monoisotopic (exact) mass is 987 g/mol. The van der Waals surface area contributed by atoms with Gasteiger partial charge in [-0.3, -0.25) is 24.7 Å². The van der Waals surface area contributed by atoms with Gasteiger partial charge in [-0.2, -0.15) is 13.2 Å². The van der Waals surface area contributed by atoms with E-state index in [4.69, 9.17) is 15.6 Å². The van der Waals surface area contributed by atoms with Crippen LogP contribution in [0.1, 0.15) is 108 Å². The number of amides is 3. The summed E-state index contributed by atoms with van der Waals surface area (Å²) in [5, 5.41) is 27.1. The van der Waals surface area contributed by atoms with Crippen molar-refractivity contribution in [3.63, 3.8) is 0 Å². The van der Waals surface area contributed by atoms with Gasteiger partial charge in [-0.1, -0.05) is 84.9 Å². The molecule has 0 saturated carbocycles. The minimum atomic E-state index is -5.19. The Bertz CT molecular complexity index is 2600. The standard InChI is InChI=1S/C54H63N7O4.C2HF3O2/c1-38-33-41(23-24-42-35-45-19-13-30-60-31-14-20-46(36-42)51(45)60)34-39(2)61(38)32-11-5-10-22-49(63)59-54(55)56-29-12-21-48(52(64)57-37-40-25-27-47(62)28-26-40)58-53(65)50(43-15-6-3-7-16-43)44-17-8-4-9-18-44;3-2(4,5)1(6)7/h3-4,6-9,15-18,23-28,33-36,48,50H,5,10-14,19-22,29-32,37H2,1-2H3,(H5-,55,56,57,58,59,62,63,64,65);(H,6,7)/t48-;/m1./s1. The third-order valence-corrected chi connectivity index (χ3v) is 12.7. The topological polar surface area (TPSA) is 193 Å². The molecule has 5 aromatic rings. The van der Waals surface area contributed by atoms with Crippen LogP contribution in [0.5, 0.6) is 5.75 Å². The van der Waals surface area contributed by atoms with Crippen molar-refractivity contribution in [1.82, 2.24) is 16.0 Å². The van der Waals surface area contributed by atoms with E-state index in [1.807, 2.05) is 60.7 Å². The van der Waals surface area contributed by atoms with Gasteiger partial charge in [0.15, 0.2) is 17.3 Å². The maximum absolute atomic E-state index is 14.0. The molecule has 0 aliphatic carbocycles. The van der Waals surface area contributed by atoms with Crippen LogP contribution in [0.4, 0.5) is 18.9 Å². The summed E-state index contributed by atoms with van der Waals surface area (Å²) in [7, 11) is 0. The Kier molecular flexibility index (Phi) is 19.5. The molecule has 0 radical (unpaired) electrons. The van der Waals surface area contributed by atoms with E-state index in [1.54, 1.807) is 24.3 Å². The number of halogens is 3. The van der Waals surface area contributed by atoms with Gasteiger partial charge in [-0.25, -0.2) is 4.57 Å². The molecule has 7 rings (SSSR count). The third kappa shape index (κ3) is 16.0. The lowest BCUT2D eigenvalue weighted by atomic mass is 9.90. The molecule has 0 spiro atoms. The Hall–Kier alpha value is -7.49. The number of unbranched alkanes of at least 4 members (excludes halogenated alkanes) is 2. The second-order valence-corrected chi connectivity index (χ2v) is 18.2. The molecule has 4 aromatic carbocycles. The molecule has 6 N–H and O–H groups in total. The average molecular weight is 988 g/mol. The number of nitrogens with one attached hydrogen (secondary N) is 3. The van der Waals surface area contributed by atoms with E-state index < -0.39 is 24.1 Å². The highest BCUT2D eigenvalue weighted by atomic mass is 19.4. The molecule has 3 amide bonds. The SMILES string of the molecule is Cc1cc(/C=C/c2cc3c4c(c2)CCCN4CCC3)cc(C)[n+]1CCCCCC(=O)NC(N)=NCCC[C@@H](NC(=O)C(c1ccccc1)c1ccccc1)C(=O)NCc1ccc(O)cc1.O=C([O-])C(F)(F)F. The summed E-state index contributed by atoms with van der Waals surface area (Å²) in [6.07, 6.45) is 7.76. The number of aryl methyl sites for hydroxylation is 4. The number of nitrogens with two attached hydrogens (primary N) is 1. The van der Waals surface area contributed by atoms with Crippen LogP contribution < -0.4 is 36.3 Å². The van der Waals surface area contributed by atoms with Crippen molar-refractivity contribution in [2.24, 2.45) is 10.7 Å². The third-order valence-electron chi connectivity index (χ3n) is 12.7. The summed E-state index contributed by atoms with van der Waals surface area (Å²) < 4.78 is 33.9. The van der Waals surface area contributed by atoms with Crippen molar-refractivity contribution >= 4 is 47.5 Å². The average Bonchev–Trinajstić information content (AvgIpc) is 3.35. The molecule has 0 saturated heterocycles. The fraction of sp³-hybridized carbons (Fsp3) is 0.357. The molecule has 1 aromatic heterocycles. The molecule has 72 heavy (non-hydrogen) atoms. The number of aliphatic imine (C=N–C) groups is 1. The number of carbonyl (C=O) groups is 4. The highest BCUT2D eigenvalue weighted by molar-refractivity contribution is 5.96. The number of hydrogen-bond acceptors (Lipinski definition) is 8. The predicted octanol–water partition coefficient (Wildman–Crippen LogP) is 6.87. The summed E-state index contributed by atoms with van der Waals surface area (Å²) >= 11 is 0. The molecular formula is C56H64F3N7O6. The molecule has 380 valence electrons. The van der Waals surface area contributed by atoms with Gasteiger partial charge < -0.3 is 36.3 Å². The number of carbonyl (C=O) groups excluding carboxylic acids is 4. The van der Waals surface area contributed by atoms with Crippen LogP contribution in [0, 0.1) is 13.8 Å². The molecule has 3 heterocycles. The molecule has 16 heteroatoms. The number of rotatable bonds is 19. The summed E-state index contributed by atoms with van der Waals surface area (Å²) in [5.41, 5.74) is 18.0. The van der Waals surface area contributed by atoms with Crippen molar-refractivity contribution in [3.8, 4) is 5.75 Å². The fourth-order valence-electron chi connectivity index (χ4n) is 9.23. The first kappa shape index (κ1) is 53.9. The molecule has 13 nitrogen and oxygen atoms in total. The first-order valence-electron chi connectivity index (χ1n) is 24.5. The maximum Gasteiger partial charge on any atom is 0.430 e. The Balaban J connectivity index is 0.00000113. The van der Waals surface area contributed by atoms with E-state index in [-0.39, 0.29) is 42.5 Å². The van der Waals surface area contributed by atoms with Crippen molar-refractivity contribution in [3.05, 3.63) is 160 Å². The number of phenolic OH excluding ortho intramolecular Hbond substituents is 1. The Morgan fingerprint density at radius 1 is 0.792 bits per heavy atom. The number of benzene rings is 4. The fourth-order valence-corrected chi connectivity index (χ4v) is 9.23. The van der Waals surface area contributed by atoms with Crippen LogP contribution in [0.25, 0.3) is 12.2 Å². The molecule has 0 fully saturated rings. The lowest BCUT2D eigenvalue weighted by Crippen LogP contribution is -2.48. The number of phenols is 1. The molecule has 0 bridgehead atoms. The van der Waals surface area contributed by atoms with E-state index in [2.05, 4.69) is 80.7 Å². The zero-order chi connectivity index (χ0) is 51.6. The van der Waals surface area contributed by atoms with Crippen LogP contribution in [-0.2, 0) is 45.1 Å². The van der Waals surface area contributed by atoms with E-state index in [0.717, 1.165) is 42.5 Å². The highest BCUT2D eigenvalue weighted by Crippen LogP contribution is 2.36. The lowest BCUT2D eigenvalue weighted by Gasteiger charge is -2.37. The van der Waals surface area contributed by atoms with Gasteiger partial charge in [0.1, 0.15) is 24.3 Å². The number of nitrogens with zero attached hydrogens (tertiary/aromatic N) is 3. The van der Waals surface area contributed by atoms with Crippen molar-refractivity contribution in [2.75, 3.05) is 24.5 Å². The van der Waals surface area contributed by atoms with E-state index >= 15 is 0 Å². The van der Waals surface area contributed by atoms with Crippen molar-refractivity contribution in [2.45, 2.75) is 109 Å². The Morgan fingerprint density at radius 3 is 1.90 bits per heavy atom. The second kappa shape index (κ2) is 26.1. The Morgan fingerprint density at radius 2 is 1.35 bits per heavy atom. The number of aromatic hydroxyl groups is 1. The van der Waals surface area contributed by atoms with Gasteiger partial charge in [-0.15, -0.1) is 0 Å². The van der Waals surface area contributed by atoms with Crippen LogP contribution in [0.2, 0.25) is 0 Å². The molecular weight excluding hydrogens is 924 g/mol. The van der Waals surface area contributed by atoms with Gasteiger partial charge in [0.2, 0.25) is 17.7 Å². The summed E-state index contributed by atoms with van der Waals surface area (Å²) in [6, 6.07) is 34.0. The van der Waals surface area contributed by atoms with Crippen LogP contribution in [0.15, 0.2) is 114 Å². The summed E-state index contributed by atoms with van der Waals surface area (Å²) in [4.78, 5) is 56.1. The van der Waals surface area contributed by atoms with E-state index in [0.29, 0.717) is 19.3 Å². The van der Waals surface area contributed by atoms with Gasteiger partial charge in [0.25, 0.3) is 0 Å². The summed E-state index contributed by atoms with van der Waals surface area (Å²) in [6.45, 7) is 8.06. The number of pyridine rings is 1. The molecule has 0 unspecified atom stereocenters. The van der Waals surface area contributed by atoms with Gasteiger partial charge >= 0.3 is 6.18 Å². The smallest absolute Gasteiger partial charge is 0.430 e. The quantitative estimate of drug-likeness (QED) is 0.0256. The molecule has 2 aliphatic heterocycles. The number of aromatic nitrogens is 1. The first-order chi connectivity index (χ1) is 34.5. The van der Waals surface area contributed by atoms with Crippen LogP contribution in [0.3, 0.4) is 0 Å². The number of carboxylic acid groups (broad SMARTS) is 1. The highest BCUT2D eigenvalue weighted by Gasteiger charge is 2.30. The van der Waals surface area contributed by atoms with Crippen molar-refractivity contribution in [1.29, 1.82) is 0 Å².